The molecule has 3 aliphatic rings. The molecule has 2 aromatic rings. The van der Waals surface area contributed by atoms with E-state index in [1.165, 1.54) is 60.4 Å². The molecule has 0 saturated heterocycles. The fraction of sp³-hybridized carbons (Fsp3) is 0.500. The molecular weight excluding hydrogens is 288 g/mol. The van der Waals surface area contributed by atoms with E-state index in [-0.39, 0.29) is 12.4 Å². The van der Waals surface area contributed by atoms with Crippen molar-refractivity contribution >= 4 is 35.1 Å². The average molecular weight is 307 g/mol. The van der Waals surface area contributed by atoms with E-state index in [1.54, 1.807) is 11.3 Å². The van der Waals surface area contributed by atoms with Gasteiger partial charge >= 0.3 is 0 Å². The van der Waals surface area contributed by atoms with Crippen LogP contribution in [0.25, 0.3) is 10.9 Å². The predicted molar refractivity (Wildman–Crippen MR) is 87.0 cm³/mol. The molecule has 0 unspecified atom stereocenters. The summed E-state index contributed by atoms with van der Waals surface area (Å²) in [7, 11) is 0. The largest absolute Gasteiger partial charge is 0.342 e. The first-order chi connectivity index (χ1) is 9.42. The summed E-state index contributed by atoms with van der Waals surface area (Å²) >= 11 is 2.03. The van der Waals surface area contributed by atoms with Gasteiger partial charge in [0.1, 0.15) is 0 Å². The molecule has 0 spiro atoms. The van der Waals surface area contributed by atoms with Crippen LogP contribution in [0, 0.1) is 0 Å². The maximum Gasteiger partial charge on any atom is 0.0624 e. The quantitative estimate of drug-likeness (QED) is 0.794. The molecular formula is C16H19ClN2S. The highest BCUT2D eigenvalue weighted by Crippen LogP contribution is 2.41. The number of aryl methyl sites for hydroxylation is 1. The zero-order valence-corrected chi connectivity index (χ0v) is 13.1. The van der Waals surface area contributed by atoms with Crippen molar-refractivity contribution in [2.24, 2.45) is 0 Å². The lowest BCUT2D eigenvalue weighted by Gasteiger charge is -2.28. The van der Waals surface area contributed by atoms with Crippen molar-refractivity contribution in [2.75, 3.05) is 12.3 Å². The summed E-state index contributed by atoms with van der Waals surface area (Å²) in [5.74, 6) is 1.24. The molecule has 0 atom stereocenters. The number of benzene rings is 1. The summed E-state index contributed by atoms with van der Waals surface area (Å²) in [6.45, 7) is 3.67. The van der Waals surface area contributed by atoms with E-state index in [2.05, 4.69) is 27.7 Å². The van der Waals surface area contributed by atoms with Gasteiger partial charge in [-0.25, -0.2) is 0 Å². The van der Waals surface area contributed by atoms with Crippen LogP contribution in [0.5, 0.6) is 0 Å². The van der Waals surface area contributed by atoms with Crippen molar-refractivity contribution in [2.45, 2.75) is 43.3 Å². The molecule has 0 bridgehead atoms. The Balaban J connectivity index is 0.00000106. The number of halogens is 1. The van der Waals surface area contributed by atoms with E-state index in [4.69, 9.17) is 0 Å². The maximum absolute atomic E-state index is 2.71. The van der Waals surface area contributed by atoms with E-state index in [9.17, 15) is 0 Å². The highest BCUT2D eigenvalue weighted by Gasteiger charge is 2.34. The van der Waals surface area contributed by atoms with E-state index in [0.29, 0.717) is 0 Å². The first-order valence-electron chi connectivity index (χ1n) is 7.41. The van der Waals surface area contributed by atoms with Gasteiger partial charge in [0.05, 0.1) is 5.52 Å². The van der Waals surface area contributed by atoms with Gasteiger partial charge in [0.2, 0.25) is 0 Å². The smallest absolute Gasteiger partial charge is 0.0624 e. The average Bonchev–Trinajstić information content (AvgIpc) is 3.26. The number of thioether (sulfide) groups is 1. The van der Waals surface area contributed by atoms with Gasteiger partial charge in [-0.15, -0.1) is 24.2 Å². The molecule has 20 heavy (non-hydrogen) atoms. The maximum atomic E-state index is 2.71. The summed E-state index contributed by atoms with van der Waals surface area (Å²) in [4.78, 5) is 4.21. The molecule has 1 aromatic carbocycles. The third kappa shape index (κ3) is 1.76. The van der Waals surface area contributed by atoms with Gasteiger partial charge in [-0.2, -0.15) is 0 Å². The van der Waals surface area contributed by atoms with E-state index in [1.807, 2.05) is 11.8 Å². The van der Waals surface area contributed by atoms with Crippen LogP contribution in [0.2, 0.25) is 0 Å². The Bertz CT molecular complexity index is 675. The van der Waals surface area contributed by atoms with Gasteiger partial charge in [0.15, 0.2) is 0 Å². The zero-order chi connectivity index (χ0) is 12.4. The van der Waals surface area contributed by atoms with Crippen molar-refractivity contribution in [3.05, 3.63) is 29.5 Å². The Morgan fingerprint density at radius 1 is 1.15 bits per heavy atom. The summed E-state index contributed by atoms with van der Waals surface area (Å²) < 4.78 is 2.63. The number of aromatic nitrogens is 1. The van der Waals surface area contributed by atoms with Gasteiger partial charge in [-0.1, -0.05) is 12.1 Å². The summed E-state index contributed by atoms with van der Waals surface area (Å²) in [6, 6.07) is 7.79. The number of nitrogens with zero attached hydrogens (tertiary/aromatic N) is 2. The van der Waals surface area contributed by atoms with E-state index >= 15 is 0 Å². The van der Waals surface area contributed by atoms with Crippen molar-refractivity contribution in [1.29, 1.82) is 0 Å². The second-order valence-electron chi connectivity index (χ2n) is 6.03. The lowest BCUT2D eigenvalue weighted by atomic mass is 10.0. The minimum Gasteiger partial charge on any atom is -0.342 e. The van der Waals surface area contributed by atoms with Crippen LogP contribution in [-0.4, -0.2) is 27.8 Å². The summed E-state index contributed by atoms with van der Waals surface area (Å²) in [5.41, 5.74) is 4.80. The zero-order valence-electron chi connectivity index (χ0n) is 11.5. The lowest BCUT2D eigenvalue weighted by molar-refractivity contribution is 0.242. The highest BCUT2D eigenvalue weighted by atomic mass is 35.5. The molecule has 2 aliphatic heterocycles. The number of hydrogen-bond acceptors (Lipinski definition) is 2. The van der Waals surface area contributed by atoms with Crippen molar-refractivity contribution in [3.8, 4) is 0 Å². The number of rotatable bonds is 1. The Kier molecular flexibility index (Phi) is 3.06. The molecule has 1 aromatic heterocycles. The SMILES string of the molecule is Cl.c1cc2c3c(c1)c1c(n3CCS2)CCN(C2CC2)C1. The van der Waals surface area contributed by atoms with Crippen molar-refractivity contribution in [3.63, 3.8) is 0 Å². The molecule has 1 saturated carbocycles. The fourth-order valence-electron chi connectivity index (χ4n) is 3.85. The summed E-state index contributed by atoms with van der Waals surface area (Å²) in [5, 5.41) is 1.53. The van der Waals surface area contributed by atoms with Crippen LogP contribution in [0.3, 0.4) is 0 Å². The number of para-hydroxylation sites is 1. The topological polar surface area (TPSA) is 8.17 Å². The van der Waals surface area contributed by atoms with E-state index in [0.717, 1.165) is 6.04 Å². The Labute approximate surface area is 129 Å². The van der Waals surface area contributed by atoms with Gasteiger partial charge in [0, 0.05) is 53.8 Å². The Hall–Kier alpha value is -0.640. The van der Waals surface area contributed by atoms with Crippen LogP contribution in [-0.2, 0) is 19.5 Å². The molecule has 0 N–H and O–H groups in total. The Morgan fingerprint density at radius 3 is 2.90 bits per heavy atom. The Morgan fingerprint density at radius 2 is 2.05 bits per heavy atom. The van der Waals surface area contributed by atoms with Gasteiger partial charge in [-0.05, 0) is 24.5 Å². The van der Waals surface area contributed by atoms with Gasteiger partial charge in [0.25, 0.3) is 0 Å². The van der Waals surface area contributed by atoms with Crippen LogP contribution in [0.4, 0.5) is 0 Å². The number of hydrogen-bond donors (Lipinski definition) is 0. The third-order valence-electron chi connectivity index (χ3n) is 4.90. The number of fused-ring (bicyclic) bond motifs is 3. The molecule has 4 heteroatoms. The molecule has 2 nitrogen and oxygen atoms in total. The minimum absolute atomic E-state index is 0. The molecule has 1 fully saturated rings. The van der Waals surface area contributed by atoms with Crippen LogP contribution in [0.1, 0.15) is 24.1 Å². The second-order valence-corrected chi connectivity index (χ2v) is 7.17. The highest BCUT2D eigenvalue weighted by molar-refractivity contribution is 7.99. The van der Waals surface area contributed by atoms with Crippen LogP contribution < -0.4 is 0 Å². The monoisotopic (exact) mass is 306 g/mol. The van der Waals surface area contributed by atoms with Crippen molar-refractivity contribution in [1.82, 2.24) is 9.47 Å². The van der Waals surface area contributed by atoms with E-state index < -0.39 is 0 Å². The molecule has 1 aliphatic carbocycles. The first-order valence-corrected chi connectivity index (χ1v) is 8.40. The molecule has 0 radical (unpaired) electrons. The van der Waals surface area contributed by atoms with Crippen LogP contribution >= 0.6 is 24.2 Å². The van der Waals surface area contributed by atoms with Gasteiger partial charge < -0.3 is 4.57 Å². The minimum atomic E-state index is 0. The lowest BCUT2D eigenvalue weighted by Crippen LogP contribution is -2.32. The molecule has 106 valence electrons. The third-order valence-corrected chi connectivity index (χ3v) is 5.93. The molecule has 0 amide bonds. The van der Waals surface area contributed by atoms with Crippen LogP contribution in [0.15, 0.2) is 23.1 Å². The fourth-order valence-corrected chi connectivity index (χ4v) is 4.88. The summed E-state index contributed by atoms with van der Waals surface area (Å²) in [6.07, 6.45) is 4.11. The second kappa shape index (κ2) is 4.69. The standard InChI is InChI=1S/C16H18N2S.ClH/c1-2-12-13-10-17(11-4-5-11)7-6-14(13)18-8-9-19-15(3-1)16(12)18;/h1-3,11H,4-10H2;1H. The molecule has 3 heterocycles. The molecule has 5 rings (SSSR count). The predicted octanol–water partition coefficient (Wildman–Crippen LogP) is 3.69. The normalized spacial score (nSPS) is 21.6. The van der Waals surface area contributed by atoms with Gasteiger partial charge in [-0.3, -0.25) is 4.90 Å². The van der Waals surface area contributed by atoms with Crippen molar-refractivity contribution < 1.29 is 0 Å². The first kappa shape index (κ1) is 13.1.